The van der Waals surface area contributed by atoms with Crippen molar-refractivity contribution < 1.29 is 15.1 Å². The Morgan fingerprint density at radius 1 is 1.00 bits per heavy atom. The second-order valence-corrected chi connectivity index (χ2v) is 4.50. The third kappa shape index (κ3) is 8.61. The van der Waals surface area contributed by atoms with E-state index in [0.29, 0.717) is 25.7 Å². The maximum atomic E-state index is 10.7. The average Bonchev–Trinajstić information content (AvgIpc) is 2.15. The van der Waals surface area contributed by atoms with Gasteiger partial charge in [0.2, 0.25) is 6.04 Å². The number of aliphatic hydroxyl groups excluding tert-OH is 2. The molecule has 16 heavy (non-hydrogen) atoms. The van der Waals surface area contributed by atoms with Gasteiger partial charge in [-0.2, -0.15) is 0 Å². The summed E-state index contributed by atoms with van der Waals surface area (Å²) in [5.41, 5.74) is 0. The van der Waals surface area contributed by atoms with Crippen LogP contribution in [-0.4, -0.2) is 33.4 Å². The molecule has 0 amide bonds. The molecule has 0 heterocycles. The maximum Gasteiger partial charge on any atom is 0.213 e. The van der Waals surface area contributed by atoms with Gasteiger partial charge in [0.25, 0.3) is 0 Å². The fourth-order valence-corrected chi connectivity index (χ4v) is 1.61. The predicted molar refractivity (Wildman–Crippen MR) is 61.8 cm³/mol. The second-order valence-electron chi connectivity index (χ2n) is 4.50. The molecule has 3 atom stereocenters. The van der Waals surface area contributed by atoms with Crippen LogP contribution in [-0.2, 0) is 0 Å². The van der Waals surface area contributed by atoms with Crippen LogP contribution in [0, 0.1) is 10.1 Å². The van der Waals surface area contributed by atoms with E-state index < -0.39 is 12.1 Å². The van der Waals surface area contributed by atoms with Crippen molar-refractivity contribution in [2.45, 2.75) is 70.6 Å². The molecule has 0 radical (unpaired) electrons. The Morgan fingerprint density at radius 2 is 1.50 bits per heavy atom. The number of hydrogen-bond donors (Lipinski definition) is 2. The van der Waals surface area contributed by atoms with E-state index in [2.05, 4.69) is 0 Å². The second kappa shape index (κ2) is 8.47. The lowest BCUT2D eigenvalue weighted by Crippen LogP contribution is -2.21. The Kier molecular flexibility index (Phi) is 8.11. The van der Waals surface area contributed by atoms with Crippen LogP contribution in [0.2, 0.25) is 0 Å². The van der Waals surface area contributed by atoms with E-state index in [-0.39, 0.29) is 11.0 Å². The molecule has 0 aromatic heterocycles. The first-order valence-electron chi connectivity index (χ1n) is 5.93. The molecular weight excluding hydrogens is 210 g/mol. The minimum atomic E-state index is -0.552. The van der Waals surface area contributed by atoms with Crippen molar-refractivity contribution in [1.82, 2.24) is 0 Å². The highest BCUT2D eigenvalue weighted by Gasteiger charge is 2.19. The lowest BCUT2D eigenvalue weighted by atomic mass is 10.0. The quantitative estimate of drug-likeness (QED) is 0.361. The highest BCUT2D eigenvalue weighted by molar-refractivity contribution is 4.61. The van der Waals surface area contributed by atoms with Crippen molar-refractivity contribution in [3.05, 3.63) is 10.1 Å². The van der Waals surface area contributed by atoms with Gasteiger partial charge in [0.05, 0.1) is 12.2 Å². The van der Waals surface area contributed by atoms with Gasteiger partial charge in [0, 0.05) is 17.8 Å². The highest BCUT2D eigenvalue weighted by Crippen LogP contribution is 2.13. The van der Waals surface area contributed by atoms with Gasteiger partial charge in [-0.05, 0) is 33.1 Å². The Labute approximate surface area is 96.6 Å². The monoisotopic (exact) mass is 233 g/mol. The van der Waals surface area contributed by atoms with Gasteiger partial charge in [0.15, 0.2) is 0 Å². The number of nitro groups is 1. The van der Waals surface area contributed by atoms with E-state index in [0.717, 1.165) is 12.8 Å². The molecule has 5 nitrogen and oxygen atoms in total. The van der Waals surface area contributed by atoms with Crippen LogP contribution >= 0.6 is 0 Å². The first-order valence-corrected chi connectivity index (χ1v) is 5.93. The van der Waals surface area contributed by atoms with Crippen LogP contribution in [0.15, 0.2) is 0 Å². The first-order chi connectivity index (χ1) is 7.43. The third-order valence-corrected chi connectivity index (χ3v) is 2.63. The summed E-state index contributed by atoms with van der Waals surface area (Å²) in [4.78, 5) is 10.5. The number of rotatable bonds is 9. The molecule has 0 spiro atoms. The summed E-state index contributed by atoms with van der Waals surface area (Å²) in [5.74, 6) is 0. The fourth-order valence-electron chi connectivity index (χ4n) is 1.61. The van der Waals surface area contributed by atoms with E-state index in [1.165, 1.54) is 0 Å². The van der Waals surface area contributed by atoms with Crippen molar-refractivity contribution in [2.75, 3.05) is 0 Å². The molecule has 0 bridgehead atoms. The number of aliphatic hydroxyl groups is 2. The van der Waals surface area contributed by atoms with Crippen molar-refractivity contribution in [2.24, 2.45) is 0 Å². The van der Waals surface area contributed by atoms with Crippen LogP contribution in [0.1, 0.15) is 52.4 Å². The van der Waals surface area contributed by atoms with Crippen LogP contribution in [0.5, 0.6) is 0 Å². The van der Waals surface area contributed by atoms with Gasteiger partial charge >= 0.3 is 0 Å². The largest absolute Gasteiger partial charge is 0.393 e. The summed E-state index contributed by atoms with van der Waals surface area (Å²) >= 11 is 0. The molecule has 0 rings (SSSR count). The van der Waals surface area contributed by atoms with E-state index in [1.54, 1.807) is 13.8 Å². The Balaban J connectivity index is 3.73. The molecule has 0 aliphatic carbocycles. The Bertz CT molecular complexity index is 194. The van der Waals surface area contributed by atoms with Crippen LogP contribution in [0.3, 0.4) is 0 Å². The SMILES string of the molecule is C[C@H](O)CCCCC(CC[C@H](C)O)[N+](=O)[O-]. The lowest BCUT2D eigenvalue weighted by Gasteiger charge is -2.10. The van der Waals surface area contributed by atoms with E-state index >= 15 is 0 Å². The zero-order valence-corrected chi connectivity index (χ0v) is 10.1. The normalized spacial score (nSPS) is 16.8. The van der Waals surface area contributed by atoms with Crippen LogP contribution in [0.25, 0.3) is 0 Å². The molecule has 0 aliphatic heterocycles. The Hall–Kier alpha value is -0.680. The fraction of sp³-hybridized carbons (Fsp3) is 1.00. The highest BCUT2D eigenvalue weighted by atomic mass is 16.6. The zero-order chi connectivity index (χ0) is 12.6. The smallest absolute Gasteiger partial charge is 0.213 e. The van der Waals surface area contributed by atoms with E-state index in [4.69, 9.17) is 10.2 Å². The summed E-state index contributed by atoms with van der Waals surface area (Å²) in [6.07, 6.45) is 2.91. The maximum absolute atomic E-state index is 10.7. The molecule has 2 N–H and O–H groups in total. The Morgan fingerprint density at radius 3 is 1.94 bits per heavy atom. The molecule has 0 fully saturated rings. The lowest BCUT2D eigenvalue weighted by molar-refractivity contribution is -0.524. The molecule has 1 unspecified atom stereocenters. The van der Waals surface area contributed by atoms with Crippen molar-refractivity contribution in [3.63, 3.8) is 0 Å². The van der Waals surface area contributed by atoms with Crippen LogP contribution in [0.4, 0.5) is 0 Å². The topological polar surface area (TPSA) is 83.6 Å². The van der Waals surface area contributed by atoms with Gasteiger partial charge in [-0.25, -0.2) is 0 Å². The van der Waals surface area contributed by atoms with Crippen molar-refractivity contribution >= 4 is 0 Å². The summed E-state index contributed by atoms with van der Waals surface area (Å²) < 4.78 is 0. The minimum absolute atomic E-state index is 0.259. The van der Waals surface area contributed by atoms with Gasteiger partial charge < -0.3 is 10.2 Å². The van der Waals surface area contributed by atoms with Crippen LogP contribution < -0.4 is 0 Å². The van der Waals surface area contributed by atoms with Crippen molar-refractivity contribution in [1.29, 1.82) is 0 Å². The van der Waals surface area contributed by atoms with E-state index in [1.807, 2.05) is 0 Å². The molecule has 0 saturated heterocycles. The molecule has 96 valence electrons. The first kappa shape index (κ1) is 15.3. The summed E-state index contributed by atoms with van der Waals surface area (Å²) in [6, 6.07) is -0.552. The van der Waals surface area contributed by atoms with Gasteiger partial charge in [-0.1, -0.05) is 6.42 Å². The summed E-state index contributed by atoms with van der Waals surface area (Å²) in [7, 11) is 0. The molecule has 5 heteroatoms. The molecule has 0 aromatic carbocycles. The summed E-state index contributed by atoms with van der Waals surface area (Å²) in [6.45, 7) is 3.36. The van der Waals surface area contributed by atoms with Gasteiger partial charge in [0.1, 0.15) is 0 Å². The number of hydrogen-bond acceptors (Lipinski definition) is 4. The van der Waals surface area contributed by atoms with Gasteiger partial charge in [-0.3, -0.25) is 10.1 Å². The molecule has 0 saturated carbocycles. The van der Waals surface area contributed by atoms with Crippen molar-refractivity contribution in [3.8, 4) is 0 Å². The third-order valence-electron chi connectivity index (χ3n) is 2.63. The molecule has 0 aromatic rings. The zero-order valence-electron chi connectivity index (χ0n) is 10.1. The average molecular weight is 233 g/mol. The number of nitrogens with zero attached hydrogens (tertiary/aromatic N) is 1. The standard InChI is InChI=1S/C11H23NO4/c1-9(13)5-3-4-6-11(12(15)16)8-7-10(2)14/h9-11,13-14H,3-8H2,1-2H3/t9-,10-,11?/m0/s1. The molecular formula is C11H23NO4. The van der Waals surface area contributed by atoms with E-state index in [9.17, 15) is 10.1 Å². The molecule has 0 aliphatic rings. The minimum Gasteiger partial charge on any atom is -0.393 e. The predicted octanol–water partition coefficient (Wildman–Crippen LogP) is 1.73. The number of unbranched alkanes of at least 4 members (excludes halogenated alkanes) is 1. The summed E-state index contributed by atoms with van der Waals surface area (Å²) in [5, 5.41) is 28.8. The van der Waals surface area contributed by atoms with Gasteiger partial charge in [-0.15, -0.1) is 0 Å².